The summed E-state index contributed by atoms with van der Waals surface area (Å²) < 4.78 is 0. The molecule has 0 heterocycles. The number of carbonyl (C=O) groups excluding carboxylic acids is 1. The second-order valence-corrected chi connectivity index (χ2v) is 8.33. The Morgan fingerprint density at radius 1 is 1.22 bits per heavy atom. The zero-order chi connectivity index (χ0) is 16.2. The molecule has 122 valence electrons. The zero-order valence-corrected chi connectivity index (χ0v) is 14.4. The van der Waals surface area contributed by atoms with E-state index in [1.807, 2.05) is 12.1 Å². The maximum atomic E-state index is 12.5. The average Bonchev–Trinajstić information content (AvgIpc) is 3.13. The Morgan fingerprint density at radius 3 is 2.70 bits per heavy atom. The van der Waals surface area contributed by atoms with Gasteiger partial charge in [0.05, 0.1) is 0 Å². The molecule has 0 radical (unpaired) electrons. The second-order valence-electron chi connectivity index (χ2n) is 8.33. The van der Waals surface area contributed by atoms with Crippen LogP contribution in [-0.2, 0) is 12.8 Å². The van der Waals surface area contributed by atoms with E-state index in [0.29, 0.717) is 11.3 Å². The molecule has 1 N–H and O–H groups in total. The number of rotatable bonds is 2. The predicted octanol–water partition coefficient (Wildman–Crippen LogP) is 4.11. The largest absolute Gasteiger partial charge is 0.271 e. The maximum Gasteiger partial charge on any atom is 0.271 e. The van der Waals surface area contributed by atoms with Crippen LogP contribution in [0.15, 0.2) is 23.3 Å². The Kier molecular flexibility index (Phi) is 3.20. The molecule has 1 amide bonds. The van der Waals surface area contributed by atoms with Crippen LogP contribution in [0.1, 0.15) is 67.9 Å². The van der Waals surface area contributed by atoms with Crippen molar-refractivity contribution >= 4 is 11.6 Å². The minimum Gasteiger partial charge on any atom is -0.267 e. The highest BCUT2D eigenvalue weighted by Gasteiger charge is 2.60. The summed E-state index contributed by atoms with van der Waals surface area (Å²) in [7, 11) is 0. The molecule has 1 aromatic rings. The van der Waals surface area contributed by atoms with E-state index in [9.17, 15) is 4.79 Å². The van der Waals surface area contributed by atoms with Crippen molar-refractivity contribution in [3.05, 3.63) is 34.9 Å². The molecule has 4 rings (SSSR count). The van der Waals surface area contributed by atoms with Crippen molar-refractivity contribution in [3.8, 4) is 0 Å². The Morgan fingerprint density at radius 2 is 2.00 bits per heavy atom. The van der Waals surface area contributed by atoms with Crippen LogP contribution < -0.4 is 5.43 Å². The summed E-state index contributed by atoms with van der Waals surface area (Å²) >= 11 is 0. The van der Waals surface area contributed by atoms with E-state index >= 15 is 0 Å². The van der Waals surface area contributed by atoms with E-state index in [1.165, 1.54) is 36.1 Å². The Labute approximate surface area is 138 Å². The normalized spacial score (nSPS) is 32.3. The van der Waals surface area contributed by atoms with Crippen LogP contribution >= 0.6 is 0 Å². The lowest BCUT2D eigenvalue weighted by atomic mass is 9.70. The van der Waals surface area contributed by atoms with Gasteiger partial charge in [-0.25, -0.2) is 5.43 Å². The van der Waals surface area contributed by atoms with Gasteiger partial charge in [0, 0.05) is 16.7 Å². The lowest BCUT2D eigenvalue weighted by Gasteiger charge is -2.34. The highest BCUT2D eigenvalue weighted by molar-refractivity contribution is 5.98. The fourth-order valence-corrected chi connectivity index (χ4v) is 4.99. The van der Waals surface area contributed by atoms with E-state index in [-0.39, 0.29) is 11.3 Å². The molecule has 3 aliphatic rings. The van der Waals surface area contributed by atoms with Gasteiger partial charge in [0.15, 0.2) is 0 Å². The molecule has 3 heteroatoms. The first kappa shape index (κ1) is 14.9. The van der Waals surface area contributed by atoms with E-state index in [2.05, 4.69) is 37.4 Å². The molecule has 23 heavy (non-hydrogen) atoms. The van der Waals surface area contributed by atoms with Crippen molar-refractivity contribution < 1.29 is 4.79 Å². The van der Waals surface area contributed by atoms with Gasteiger partial charge < -0.3 is 0 Å². The number of hydrogen-bond acceptors (Lipinski definition) is 2. The summed E-state index contributed by atoms with van der Waals surface area (Å²) in [5, 5.41) is 4.56. The number of hydrazone groups is 1. The second kappa shape index (κ2) is 4.93. The van der Waals surface area contributed by atoms with Crippen LogP contribution in [0.25, 0.3) is 0 Å². The third-order valence-electron chi connectivity index (χ3n) is 7.17. The summed E-state index contributed by atoms with van der Waals surface area (Å²) in [6.45, 7) is 7.03. The van der Waals surface area contributed by atoms with Gasteiger partial charge >= 0.3 is 0 Å². The van der Waals surface area contributed by atoms with Gasteiger partial charge in [0.25, 0.3) is 5.91 Å². The van der Waals surface area contributed by atoms with E-state index in [0.717, 1.165) is 24.8 Å². The first-order chi connectivity index (χ1) is 10.9. The molecule has 0 unspecified atom stereocenters. The van der Waals surface area contributed by atoms with Crippen molar-refractivity contribution in [2.45, 2.75) is 59.3 Å². The highest BCUT2D eigenvalue weighted by Crippen LogP contribution is 2.63. The summed E-state index contributed by atoms with van der Waals surface area (Å²) in [5.41, 5.74) is 7.92. The van der Waals surface area contributed by atoms with Crippen LogP contribution in [0.3, 0.4) is 0 Å². The number of carbonyl (C=O) groups is 1. The average molecular weight is 310 g/mol. The fourth-order valence-electron chi connectivity index (χ4n) is 4.99. The van der Waals surface area contributed by atoms with Crippen LogP contribution in [0.4, 0.5) is 0 Å². The number of fused-ring (bicyclic) bond motifs is 3. The molecular weight excluding hydrogens is 284 g/mol. The van der Waals surface area contributed by atoms with Gasteiger partial charge in [-0.3, -0.25) is 4.79 Å². The number of aryl methyl sites for hydroxylation is 2. The molecule has 2 atom stereocenters. The Hall–Kier alpha value is -1.64. The summed E-state index contributed by atoms with van der Waals surface area (Å²) in [6.07, 6.45) is 6.97. The van der Waals surface area contributed by atoms with Gasteiger partial charge in [-0.2, -0.15) is 5.10 Å². The van der Waals surface area contributed by atoms with Crippen molar-refractivity contribution in [2.24, 2.45) is 21.8 Å². The Balaban J connectivity index is 1.52. The molecule has 3 nitrogen and oxygen atoms in total. The molecule has 0 aromatic heterocycles. The summed E-state index contributed by atoms with van der Waals surface area (Å²) in [6, 6.07) is 6.09. The molecule has 0 aliphatic heterocycles. The molecule has 0 spiro atoms. The number of hydrogen-bond donors (Lipinski definition) is 1. The first-order valence-electron chi connectivity index (χ1n) is 8.91. The van der Waals surface area contributed by atoms with Gasteiger partial charge in [-0.05, 0) is 73.1 Å². The predicted molar refractivity (Wildman–Crippen MR) is 92.6 cm³/mol. The lowest BCUT2D eigenvalue weighted by Crippen LogP contribution is -2.34. The fraction of sp³-hybridized carbons (Fsp3) is 0.600. The molecule has 2 bridgehead atoms. The van der Waals surface area contributed by atoms with E-state index in [4.69, 9.17) is 0 Å². The monoisotopic (exact) mass is 310 g/mol. The first-order valence-corrected chi connectivity index (χ1v) is 8.91. The quantitative estimate of drug-likeness (QED) is 0.821. The number of nitrogens with one attached hydrogen (secondary N) is 1. The number of nitrogens with zero attached hydrogens (tertiary/aromatic N) is 1. The highest BCUT2D eigenvalue weighted by atomic mass is 16.2. The van der Waals surface area contributed by atoms with Crippen molar-refractivity contribution in [1.82, 2.24) is 5.43 Å². The zero-order valence-electron chi connectivity index (χ0n) is 14.4. The van der Waals surface area contributed by atoms with Crippen LogP contribution in [-0.4, -0.2) is 11.6 Å². The molecule has 2 saturated carbocycles. The van der Waals surface area contributed by atoms with Crippen LogP contribution in [0, 0.1) is 16.7 Å². The number of benzene rings is 1. The van der Waals surface area contributed by atoms with Gasteiger partial charge in [0.1, 0.15) is 0 Å². The summed E-state index contributed by atoms with van der Waals surface area (Å²) in [5.74, 6) is 0.638. The summed E-state index contributed by atoms with van der Waals surface area (Å²) in [4.78, 5) is 12.5. The topological polar surface area (TPSA) is 41.5 Å². The van der Waals surface area contributed by atoms with Crippen molar-refractivity contribution in [2.75, 3.05) is 0 Å². The SMILES string of the molecule is CC1(C)[C@@H]2CC[C@@]1(C)/C(=N/NC(=O)c1ccc3c(c1)CCC3)C2. The standard InChI is InChI=1S/C20H26N2O/c1-19(2)16-9-10-20(19,3)17(12-16)21-22-18(23)15-8-7-13-5-4-6-14(13)11-15/h7-8,11,16H,4-6,9-10,12H2,1-3H3,(H,22,23)/b21-17+/t16-,20+/m1/s1. The molecule has 2 fully saturated rings. The molecular formula is C20H26N2O. The lowest BCUT2D eigenvalue weighted by molar-refractivity contribution is 0.0954. The Bertz CT molecular complexity index is 704. The van der Waals surface area contributed by atoms with E-state index < -0.39 is 0 Å². The number of amides is 1. The van der Waals surface area contributed by atoms with Gasteiger partial charge in [0.2, 0.25) is 0 Å². The van der Waals surface area contributed by atoms with Crippen molar-refractivity contribution in [1.29, 1.82) is 0 Å². The van der Waals surface area contributed by atoms with Crippen molar-refractivity contribution in [3.63, 3.8) is 0 Å². The molecule has 3 aliphatic carbocycles. The minimum absolute atomic E-state index is 0.0728. The maximum absolute atomic E-state index is 12.5. The third kappa shape index (κ3) is 2.09. The smallest absolute Gasteiger partial charge is 0.267 e. The molecule has 1 aromatic carbocycles. The molecule has 0 saturated heterocycles. The van der Waals surface area contributed by atoms with Gasteiger partial charge in [-0.1, -0.05) is 26.8 Å². The third-order valence-corrected chi connectivity index (χ3v) is 7.17. The van der Waals surface area contributed by atoms with Crippen LogP contribution in [0.2, 0.25) is 0 Å². The van der Waals surface area contributed by atoms with E-state index in [1.54, 1.807) is 0 Å². The minimum atomic E-state index is -0.0728. The van der Waals surface area contributed by atoms with Crippen LogP contribution in [0.5, 0.6) is 0 Å². The van der Waals surface area contributed by atoms with Gasteiger partial charge in [-0.15, -0.1) is 0 Å².